The standard InChI is InChI=1S/C34H55N3O6S/c1-6-14-29(34(41)36-30(23-27-17-12-9-13-18-27)32(39)31(38)21-25(3)4)35-33(40)28(22-26-15-10-8-11-16-26)24-44(42,43)20-19-37(5)7-2/h1,8,10-11,15-16,25,27-32,38-39H,7,9,12-14,17-24H2,2-5H3,(H,35,40)(H,36,41)/t28-,29+,30+,31+,32-/m1/s1. The topological polar surface area (TPSA) is 136 Å². The average molecular weight is 634 g/mol. The Morgan fingerprint density at radius 1 is 1.07 bits per heavy atom. The van der Waals surface area contributed by atoms with Crippen LogP contribution in [0.1, 0.15) is 77.7 Å². The Kier molecular flexibility index (Phi) is 16.4. The number of carbonyl (C=O) groups is 2. The lowest BCUT2D eigenvalue weighted by Gasteiger charge is -2.33. The number of hydrogen-bond acceptors (Lipinski definition) is 7. The summed E-state index contributed by atoms with van der Waals surface area (Å²) in [5.41, 5.74) is 0.807. The molecule has 0 aromatic heterocycles. The number of rotatable bonds is 19. The van der Waals surface area contributed by atoms with E-state index in [1.54, 1.807) is 0 Å². The maximum Gasteiger partial charge on any atom is 0.243 e. The molecule has 0 aliphatic heterocycles. The van der Waals surface area contributed by atoms with Crippen molar-refractivity contribution in [2.45, 2.75) is 103 Å². The van der Waals surface area contributed by atoms with Gasteiger partial charge in [-0.1, -0.05) is 83.2 Å². The Labute approximate surface area is 265 Å². The molecule has 1 aliphatic rings. The smallest absolute Gasteiger partial charge is 0.243 e. The zero-order valence-corrected chi connectivity index (χ0v) is 27.9. The van der Waals surface area contributed by atoms with Gasteiger partial charge in [0, 0.05) is 13.0 Å². The second-order valence-electron chi connectivity index (χ2n) is 12.9. The van der Waals surface area contributed by atoms with E-state index in [1.807, 2.05) is 63.1 Å². The van der Waals surface area contributed by atoms with Gasteiger partial charge in [0.15, 0.2) is 9.84 Å². The molecule has 4 N–H and O–H groups in total. The van der Waals surface area contributed by atoms with Crippen LogP contribution in [0.25, 0.3) is 0 Å². The molecule has 0 heterocycles. The molecule has 9 nitrogen and oxygen atoms in total. The van der Waals surface area contributed by atoms with Crippen molar-refractivity contribution in [1.29, 1.82) is 0 Å². The van der Waals surface area contributed by atoms with Crippen molar-refractivity contribution in [3.8, 4) is 12.3 Å². The molecule has 0 unspecified atom stereocenters. The summed E-state index contributed by atoms with van der Waals surface area (Å²) < 4.78 is 26.2. The van der Waals surface area contributed by atoms with Gasteiger partial charge in [-0.3, -0.25) is 9.59 Å². The van der Waals surface area contributed by atoms with Gasteiger partial charge >= 0.3 is 0 Å². The summed E-state index contributed by atoms with van der Waals surface area (Å²) in [7, 11) is -1.75. The maximum absolute atomic E-state index is 13.7. The molecule has 248 valence electrons. The monoisotopic (exact) mass is 633 g/mol. The maximum atomic E-state index is 13.7. The minimum atomic E-state index is -3.59. The van der Waals surface area contributed by atoms with Gasteiger partial charge < -0.3 is 25.7 Å². The van der Waals surface area contributed by atoms with Crippen LogP contribution in [0, 0.1) is 30.1 Å². The first-order chi connectivity index (χ1) is 20.8. The number of carbonyl (C=O) groups excluding carboxylic acids is 2. The molecule has 1 saturated carbocycles. The lowest BCUT2D eigenvalue weighted by Crippen LogP contribution is -2.56. The van der Waals surface area contributed by atoms with Crippen molar-refractivity contribution >= 4 is 21.7 Å². The van der Waals surface area contributed by atoms with Crippen LogP contribution < -0.4 is 10.6 Å². The molecule has 0 spiro atoms. The summed E-state index contributed by atoms with van der Waals surface area (Å²) in [6.07, 6.45) is 9.71. The second-order valence-corrected chi connectivity index (χ2v) is 15.1. The number of amides is 2. The second kappa shape index (κ2) is 19.2. The van der Waals surface area contributed by atoms with Crippen LogP contribution in [0.2, 0.25) is 0 Å². The van der Waals surface area contributed by atoms with E-state index in [0.717, 1.165) is 37.7 Å². The molecule has 2 amide bonds. The Morgan fingerprint density at radius 3 is 2.32 bits per heavy atom. The molecular weight excluding hydrogens is 578 g/mol. The van der Waals surface area contributed by atoms with Crippen molar-refractivity contribution in [2.24, 2.45) is 17.8 Å². The van der Waals surface area contributed by atoms with Crippen LogP contribution in [0.4, 0.5) is 0 Å². The summed E-state index contributed by atoms with van der Waals surface area (Å²) >= 11 is 0. The molecular formula is C34H55N3O6S. The number of terminal acetylenes is 1. The third-order valence-electron chi connectivity index (χ3n) is 8.59. The summed E-state index contributed by atoms with van der Waals surface area (Å²) in [5, 5.41) is 27.5. The molecule has 1 aliphatic carbocycles. The van der Waals surface area contributed by atoms with Gasteiger partial charge in [0.25, 0.3) is 0 Å². The van der Waals surface area contributed by atoms with Crippen molar-refractivity contribution in [2.75, 3.05) is 31.6 Å². The van der Waals surface area contributed by atoms with Crippen LogP contribution >= 0.6 is 0 Å². The highest BCUT2D eigenvalue weighted by atomic mass is 32.2. The quantitative estimate of drug-likeness (QED) is 0.172. The minimum absolute atomic E-state index is 0.0797. The SMILES string of the molecule is C#CC[C@H](NC(=O)[C@H](Cc1ccccc1)CS(=O)(=O)CCN(C)CC)C(=O)N[C@@H](CC1CCCCC1)[C@@H](O)[C@@H](O)CC(C)C. The third-order valence-corrected chi connectivity index (χ3v) is 10.3. The number of sulfone groups is 1. The van der Waals surface area contributed by atoms with Crippen molar-refractivity contribution in [1.82, 2.24) is 15.5 Å². The van der Waals surface area contributed by atoms with E-state index in [2.05, 4.69) is 16.6 Å². The first-order valence-corrected chi connectivity index (χ1v) is 18.0. The molecule has 1 aromatic rings. The van der Waals surface area contributed by atoms with Crippen LogP contribution in [-0.2, 0) is 25.8 Å². The average Bonchev–Trinajstić information content (AvgIpc) is 2.99. The predicted octanol–water partition coefficient (Wildman–Crippen LogP) is 2.94. The Bertz CT molecular complexity index is 1150. The lowest BCUT2D eigenvalue weighted by atomic mass is 9.82. The number of aliphatic hydroxyl groups excluding tert-OH is 2. The highest BCUT2D eigenvalue weighted by molar-refractivity contribution is 7.91. The molecule has 0 radical (unpaired) electrons. The van der Waals surface area contributed by atoms with Crippen LogP contribution in [0.3, 0.4) is 0 Å². The largest absolute Gasteiger partial charge is 0.390 e. The summed E-state index contributed by atoms with van der Waals surface area (Å²) in [6.45, 7) is 6.92. The fourth-order valence-corrected chi connectivity index (χ4v) is 7.46. The number of nitrogens with zero attached hydrogens (tertiary/aromatic N) is 1. The Morgan fingerprint density at radius 2 is 1.73 bits per heavy atom. The van der Waals surface area contributed by atoms with Gasteiger partial charge in [-0.2, -0.15) is 0 Å². The molecule has 5 atom stereocenters. The Balaban J connectivity index is 2.24. The summed E-state index contributed by atoms with van der Waals surface area (Å²) in [5.74, 6) is 0.414. The van der Waals surface area contributed by atoms with Crippen molar-refractivity contribution in [3.63, 3.8) is 0 Å². The van der Waals surface area contributed by atoms with Crippen molar-refractivity contribution < 1.29 is 28.2 Å². The first kappa shape index (κ1) is 37.7. The normalized spacial score (nSPS) is 17.8. The highest BCUT2D eigenvalue weighted by Gasteiger charge is 2.34. The van der Waals surface area contributed by atoms with Gasteiger partial charge in [0.05, 0.1) is 29.6 Å². The fraction of sp³-hybridized carbons (Fsp3) is 0.706. The molecule has 1 fully saturated rings. The van der Waals surface area contributed by atoms with Gasteiger partial charge in [-0.15, -0.1) is 12.3 Å². The van der Waals surface area contributed by atoms with Gasteiger partial charge in [-0.05, 0) is 50.3 Å². The number of aliphatic hydroxyl groups is 2. The summed E-state index contributed by atoms with van der Waals surface area (Å²) in [6, 6.07) is 7.34. The van der Waals surface area contributed by atoms with E-state index in [0.29, 0.717) is 31.8 Å². The predicted molar refractivity (Wildman–Crippen MR) is 175 cm³/mol. The number of benzene rings is 1. The van der Waals surface area contributed by atoms with Crippen molar-refractivity contribution in [3.05, 3.63) is 35.9 Å². The fourth-order valence-electron chi connectivity index (χ4n) is 5.83. The Hall–Kier alpha value is -2.45. The molecule has 1 aromatic carbocycles. The van der Waals surface area contributed by atoms with Crippen LogP contribution in [0.5, 0.6) is 0 Å². The zero-order chi connectivity index (χ0) is 32.7. The van der Waals surface area contributed by atoms with Crippen LogP contribution in [-0.4, -0.2) is 91.3 Å². The highest BCUT2D eigenvalue weighted by Crippen LogP contribution is 2.29. The number of nitrogens with one attached hydrogen (secondary N) is 2. The van der Waals surface area contributed by atoms with E-state index in [4.69, 9.17) is 6.42 Å². The van der Waals surface area contributed by atoms with Gasteiger partial charge in [0.2, 0.25) is 11.8 Å². The molecule has 0 bridgehead atoms. The van der Waals surface area contributed by atoms with E-state index in [9.17, 15) is 28.2 Å². The summed E-state index contributed by atoms with van der Waals surface area (Å²) in [4.78, 5) is 29.2. The first-order valence-electron chi connectivity index (χ1n) is 16.2. The van der Waals surface area contributed by atoms with E-state index in [1.165, 1.54) is 0 Å². The third kappa shape index (κ3) is 13.7. The minimum Gasteiger partial charge on any atom is -0.390 e. The van der Waals surface area contributed by atoms with Gasteiger partial charge in [0.1, 0.15) is 12.1 Å². The lowest BCUT2D eigenvalue weighted by molar-refractivity contribution is -0.132. The van der Waals surface area contributed by atoms with Gasteiger partial charge in [-0.25, -0.2) is 8.42 Å². The zero-order valence-electron chi connectivity index (χ0n) is 27.1. The van der Waals surface area contributed by atoms with E-state index >= 15 is 0 Å². The van der Waals surface area contributed by atoms with E-state index in [-0.39, 0.29) is 30.3 Å². The molecule has 0 saturated heterocycles. The molecule has 10 heteroatoms. The van der Waals surface area contributed by atoms with E-state index < -0.39 is 51.9 Å². The molecule has 44 heavy (non-hydrogen) atoms. The molecule has 2 rings (SSSR count). The van der Waals surface area contributed by atoms with Crippen LogP contribution in [0.15, 0.2) is 30.3 Å². The number of hydrogen-bond donors (Lipinski definition) is 4.